The predicted molar refractivity (Wildman–Crippen MR) is 124 cm³/mol. The first kappa shape index (κ1) is 22.1. The molecule has 1 amide bonds. The summed E-state index contributed by atoms with van der Waals surface area (Å²) in [5, 5.41) is 4.04. The Kier molecular flexibility index (Phi) is 8.68. The number of rotatable bonds is 11. The van der Waals surface area contributed by atoms with E-state index in [1.54, 1.807) is 6.21 Å². The molecule has 160 valence electrons. The number of nitrogens with zero attached hydrogens (tertiary/aromatic N) is 1. The number of carbonyl (C=O) groups excluding carboxylic acids is 1. The monoisotopic (exact) mass is 416 g/mol. The van der Waals surface area contributed by atoms with Crippen LogP contribution in [0.2, 0.25) is 0 Å². The van der Waals surface area contributed by atoms with E-state index in [0.29, 0.717) is 19.6 Å². The number of ether oxygens (including phenoxy) is 2. The number of aryl methyl sites for hydroxylation is 1. The zero-order valence-electron chi connectivity index (χ0n) is 17.8. The third kappa shape index (κ3) is 7.97. The molecule has 0 heterocycles. The molecule has 0 radical (unpaired) electrons. The highest BCUT2D eigenvalue weighted by atomic mass is 16.5. The van der Waals surface area contributed by atoms with E-state index >= 15 is 0 Å². The quantitative estimate of drug-likeness (QED) is 0.348. The first-order valence-electron chi connectivity index (χ1n) is 10.5. The molecule has 3 rings (SSSR count). The van der Waals surface area contributed by atoms with Gasteiger partial charge in [-0.3, -0.25) is 4.79 Å². The maximum atomic E-state index is 12.0. The second-order valence-corrected chi connectivity index (χ2v) is 7.07. The maximum Gasteiger partial charge on any atom is 0.240 e. The number of amides is 1. The molecule has 0 aromatic heterocycles. The van der Waals surface area contributed by atoms with Gasteiger partial charge in [0.15, 0.2) is 0 Å². The van der Waals surface area contributed by atoms with Gasteiger partial charge in [-0.25, -0.2) is 5.43 Å². The first-order valence-corrected chi connectivity index (χ1v) is 10.5. The van der Waals surface area contributed by atoms with Crippen LogP contribution >= 0.6 is 0 Å². The van der Waals surface area contributed by atoms with Gasteiger partial charge in [-0.1, -0.05) is 42.5 Å². The Morgan fingerprint density at radius 3 is 2.26 bits per heavy atom. The highest BCUT2D eigenvalue weighted by Crippen LogP contribution is 2.14. The van der Waals surface area contributed by atoms with Crippen LogP contribution in [0.25, 0.3) is 0 Å². The van der Waals surface area contributed by atoms with Gasteiger partial charge in [0.25, 0.3) is 0 Å². The fourth-order valence-corrected chi connectivity index (χ4v) is 3.00. The standard InChI is InChI=1S/C26H28N2O3/c1-2-30-24-15-11-21(12-16-24)9-6-10-26(29)28-27-19-22-13-17-25(18-14-22)31-20-23-7-4-3-5-8-23/h3-5,7-8,11-19H,2,6,9-10,20H2,1H3,(H,28,29). The Labute approximate surface area is 183 Å². The summed E-state index contributed by atoms with van der Waals surface area (Å²) in [5.41, 5.74) is 5.79. The van der Waals surface area contributed by atoms with Crippen LogP contribution in [0.3, 0.4) is 0 Å². The fourth-order valence-electron chi connectivity index (χ4n) is 3.00. The lowest BCUT2D eigenvalue weighted by Gasteiger charge is -2.06. The van der Waals surface area contributed by atoms with Crippen molar-refractivity contribution in [3.63, 3.8) is 0 Å². The number of hydrogen-bond acceptors (Lipinski definition) is 4. The number of carbonyl (C=O) groups is 1. The molecule has 0 atom stereocenters. The molecule has 5 nitrogen and oxygen atoms in total. The summed E-state index contributed by atoms with van der Waals surface area (Å²) in [7, 11) is 0. The average molecular weight is 417 g/mol. The molecule has 0 saturated heterocycles. The zero-order valence-corrected chi connectivity index (χ0v) is 17.8. The lowest BCUT2D eigenvalue weighted by molar-refractivity contribution is -0.121. The van der Waals surface area contributed by atoms with Crippen molar-refractivity contribution in [1.82, 2.24) is 5.43 Å². The molecule has 0 aliphatic carbocycles. The third-order valence-corrected chi connectivity index (χ3v) is 4.63. The van der Waals surface area contributed by atoms with Gasteiger partial charge >= 0.3 is 0 Å². The van der Waals surface area contributed by atoms with E-state index in [4.69, 9.17) is 9.47 Å². The van der Waals surface area contributed by atoms with Gasteiger partial charge in [-0.2, -0.15) is 5.10 Å². The molecule has 0 aliphatic heterocycles. The summed E-state index contributed by atoms with van der Waals surface area (Å²) in [6.07, 6.45) is 3.67. The summed E-state index contributed by atoms with van der Waals surface area (Å²) in [5.74, 6) is 1.57. The van der Waals surface area contributed by atoms with Crippen LogP contribution in [0.15, 0.2) is 84.0 Å². The van der Waals surface area contributed by atoms with Gasteiger partial charge in [0.2, 0.25) is 5.91 Å². The Hall–Kier alpha value is -3.60. The smallest absolute Gasteiger partial charge is 0.240 e. The Morgan fingerprint density at radius 2 is 1.55 bits per heavy atom. The van der Waals surface area contributed by atoms with Gasteiger partial charge in [0, 0.05) is 6.42 Å². The molecular weight excluding hydrogens is 388 g/mol. The minimum absolute atomic E-state index is 0.0926. The van der Waals surface area contributed by atoms with Crippen molar-refractivity contribution in [1.29, 1.82) is 0 Å². The first-order chi connectivity index (χ1) is 15.2. The van der Waals surface area contributed by atoms with Crippen LogP contribution in [0, 0.1) is 0 Å². The Balaban J connectivity index is 1.35. The molecule has 1 N–H and O–H groups in total. The molecule has 0 saturated carbocycles. The largest absolute Gasteiger partial charge is 0.494 e. The molecule has 3 aromatic rings. The lowest BCUT2D eigenvalue weighted by atomic mass is 10.1. The minimum Gasteiger partial charge on any atom is -0.494 e. The van der Waals surface area contributed by atoms with Crippen molar-refractivity contribution in [2.24, 2.45) is 5.10 Å². The van der Waals surface area contributed by atoms with Crippen LogP contribution in [0.1, 0.15) is 36.5 Å². The van der Waals surface area contributed by atoms with Crippen molar-refractivity contribution in [2.45, 2.75) is 32.8 Å². The highest BCUT2D eigenvalue weighted by molar-refractivity contribution is 5.82. The predicted octanol–water partition coefficient (Wildman–Crippen LogP) is 5.14. The SMILES string of the molecule is CCOc1ccc(CCCC(=O)NN=Cc2ccc(OCc3ccccc3)cc2)cc1. The van der Waals surface area contributed by atoms with E-state index in [2.05, 4.69) is 10.5 Å². The number of hydrazone groups is 1. The van der Waals surface area contributed by atoms with Crippen LogP contribution in [0.4, 0.5) is 0 Å². The molecular formula is C26H28N2O3. The highest BCUT2D eigenvalue weighted by Gasteiger charge is 2.01. The van der Waals surface area contributed by atoms with Crippen molar-refractivity contribution < 1.29 is 14.3 Å². The van der Waals surface area contributed by atoms with Crippen LogP contribution < -0.4 is 14.9 Å². The van der Waals surface area contributed by atoms with Crippen molar-refractivity contribution >= 4 is 12.1 Å². The molecule has 0 fully saturated rings. The summed E-state index contributed by atoms with van der Waals surface area (Å²) in [6, 6.07) is 25.6. The number of nitrogens with one attached hydrogen (secondary N) is 1. The van der Waals surface area contributed by atoms with Gasteiger partial charge in [0.05, 0.1) is 12.8 Å². The Morgan fingerprint density at radius 1 is 0.871 bits per heavy atom. The van der Waals surface area contributed by atoms with E-state index in [9.17, 15) is 4.79 Å². The van der Waals surface area contributed by atoms with Gasteiger partial charge in [-0.05, 0) is 72.9 Å². The second-order valence-electron chi connectivity index (χ2n) is 7.07. The molecule has 0 aliphatic rings. The van der Waals surface area contributed by atoms with E-state index in [-0.39, 0.29) is 5.91 Å². The fraction of sp³-hybridized carbons (Fsp3) is 0.231. The molecule has 0 bridgehead atoms. The van der Waals surface area contributed by atoms with Gasteiger partial charge in [0.1, 0.15) is 18.1 Å². The molecule has 31 heavy (non-hydrogen) atoms. The van der Waals surface area contributed by atoms with Gasteiger partial charge in [-0.15, -0.1) is 0 Å². The maximum absolute atomic E-state index is 12.0. The normalized spacial score (nSPS) is 10.7. The van der Waals surface area contributed by atoms with E-state index in [0.717, 1.165) is 35.5 Å². The van der Waals surface area contributed by atoms with E-state index < -0.39 is 0 Å². The second kappa shape index (κ2) is 12.2. The van der Waals surface area contributed by atoms with Crippen molar-refractivity contribution in [3.8, 4) is 11.5 Å². The third-order valence-electron chi connectivity index (χ3n) is 4.63. The minimum atomic E-state index is -0.0926. The molecule has 0 unspecified atom stereocenters. The van der Waals surface area contributed by atoms with Crippen LogP contribution in [-0.4, -0.2) is 18.7 Å². The number of hydrogen-bond donors (Lipinski definition) is 1. The van der Waals surface area contributed by atoms with Crippen molar-refractivity contribution in [3.05, 3.63) is 95.6 Å². The van der Waals surface area contributed by atoms with E-state index in [1.807, 2.05) is 85.8 Å². The van der Waals surface area contributed by atoms with Crippen LogP contribution in [0.5, 0.6) is 11.5 Å². The number of benzene rings is 3. The summed E-state index contributed by atoms with van der Waals surface area (Å²) < 4.78 is 11.2. The molecule has 5 heteroatoms. The Bertz CT molecular complexity index is 952. The molecule has 3 aromatic carbocycles. The summed E-state index contributed by atoms with van der Waals surface area (Å²) in [6.45, 7) is 3.15. The van der Waals surface area contributed by atoms with Gasteiger partial charge < -0.3 is 9.47 Å². The molecule has 0 spiro atoms. The average Bonchev–Trinajstić information content (AvgIpc) is 2.81. The van der Waals surface area contributed by atoms with Crippen LogP contribution in [-0.2, 0) is 17.8 Å². The summed E-state index contributed by atoms with van der Waals surface area (Å²) in [4.78, 5) is 12.0. The zero-order chi connectivity index (χ0) is 21.7. The lowest BCUT2D eigenvalue weighted by Crippen LogP contribution is -2.17. The topological polar surface area (TPSA) is 59.9 Å². The summed E-state index contributed by atoms with van der Waals surface area (Å²) >= 11 is 0. The van der Waals surface area contributed by atoms with Crippen molar-refractivity contribution in [2.75, 3.05) is 6.61 Å². The van der Waals surface area contributed by atoms with E-state index in [1.165, 1.54) is 5.56 Å².